The van der Waals surface area contributed by atoms with Crippen molar-refractivity contribution < 1.29 is 14.7 Å². The second-order valence-corrected chi connectivity index (χ2v) is 3.89. The number of aryl methyl sites for hydroxylation is 1. The molecule has 0 unspecified atom stereocenters. The molecule has 1 heterocycles. The SMILES string of the molecule is CCn1cc(C(C)=O)c2c(C(=O)O)cccc21. The lowest BCUT2D eigenvalue weighted by atomic mass is 10.0. The number of nitrogens with zero attached hydrogens (tertiary/aromatic N) is 1. The van der Waals surface area contributed by atoms with Crippen LogP contribution in [0.3, 0.4) is 0 Å². The molecular weight excluding hydrogens is 218 g/mol. The van der Waals surface area contributed by atoms with Crippen LogP contribution in [-0.4, -0.2) is 21.4 Å². The lowest BCUT2D eigenvalue weighted by molar-refractivity contribution is 0.0699. The number of hydrogen-bond donors (Lipinski definition) is 1. The molecule has 1 aromatic heterocycles. The predicted octanol–water partition coefficient (Wildman–Crippen LogP) is 2.56. The van der Waals surface area contributed by atoms with Crippen molar-refractivity contribution in [3.63, 3.8) is 0 Å². The first kappa shape index (κ1) is 11.4. The van der Waals surface area contributed by atoms with Crippen molar-refractivity contribution in [1.29, 1.82) is 0 Å². The summed E-state index contributed by atoms with van der Waals surface area (Å²) >= 11 is 0. The summed E-state index contributed by atoms with van der Waals surface area (Å²) in [7, 11) is 0. The minimum Gasteiger partial charge on any atom is -0.478 e. The molecule has 0 spiro atoms. The zero-order valence-electron chi connectivity index (χ0n) is 9.73. The molecule has 4 heteroatoms. The first-order chi connectivity index (χ1) is 8.06. The quantitative estimate of drug-likeness (QED) is 0.826. The number of carbonyl (C=O) groups excluding carboxylic acids is 1. The number of carboxylic acids is 1. The maximum Gasteiger partial charge on any atom is 0.336 e. The predicted molar refractivity (Wildman–Crippen MR) is 64.6 cm³/mol. The van der Waals surface area contributed by atoms with Gasteiger partial charge in [0.15, 0.2) is 5.78 Å². The third-order valence-corrected chi connectivity index (χ3v) is 2.86. The van der Waals surface area contributed by atoms with E-state index < -0.39 is 5.97 Å². The monoisotopic (exact) mass is 231 g/mol. The van der Waals surface area contributed by atoms with Crippen LogP contribution < -0.4 is 0 Å². The summed E-state index contributed by atoms with van der Waals surface area (Å²) in [6.07, 6.45) is 1.72. The summed E-state index contributed by atoms with van der Waals surface area (Å²) in [6, 6.07) is 5.05. The Morgan fingerprint density at radius 3 is 2.53 bits per heavy atom. The topological polar surface area (TPSA) is 59.3 Å². The molecule has 0 fully saturated rings. The highest BCUT2D eigenvalue weighted by atomic mass is 16.4. The Morgan fingerprint density at radius 2 is 2.00 bits per heavy atom. The highest BCUT2D eigenvalue weighted by Gasteiger charge is 2.17. The Bertz CT molecular complexity index is 610. The normalized spacial score (nSPS) is 10.7. The van der Waals surface area contributed by atoms with Crippen LogP contribution in [-0.2, 0) is 6.54 Å². The zero-order chi connectivity index (χ0) is 12.6. The lowest BCUT2D eigenvalue weighted by Gasteiger charge is -2.01. The highest BCUT2D eigenvalue weighted by Crippen LogP contribution is 2.25. The number of aromatic nitrogens is 1. The van der Waals surface area contributed by atoms with Gasteiger partial charge in [-0.3, -0.25) is 4.79 Å². The van der Waals surface area contributed by atoms with E-state index in [-0.39, 0.29) is 11.3 Å². The smallest absolute Gasteiger partial charge is 0.336 e. The summed E-state index contributed by atoms with van der Waals surface area (Å²) < 4.78 is 1.89. The number of ketones is 1. The van der Waals surface area contributed by atoms with E-state index in [4.69, 9.17) is 5.11 Å². The minimum atomic E-state index is -1.01. The maximum atomic E-state index is 11.6. The molecule has 0 aliphatic rings. The van der Waals surface area contributed by atoms with Gasteiger partial charge in [-0.05, 0) is 26.0 Å². The summed E-state index contributed by atoms with van der Waals surface area (Å²) in [4.78, 5) is 22.7. The van der Waals surface area contributed by atoms with Gasteiger partial charge in [0.25, 0.3) is 0 Å². The van der Waals surface area contributed by atoms with E-state index in [9.17, 15) is 9.59 Å². The molecule has 4 nitrogen and oxygen atoms in total. The van der Waals surface area contributed by atoms with Crippen molar-refractivity contribution in [2.45, 2.75) is 20.4 Å². The van der Waals surface area contributed by atoms with Crippen LogP contribution in [0.5, 0.6) is 0 Å². The fourth-order valence-electron chi connectivity index (χ4n) is 2.06. The van der Waals surface area contributed by atoms with Crippen LogP contribution in [0.2, 0.25) is 0 Å². The molecule has 88 valence electrons. The van der Waals surface area contributed by atoms with Crippen molar-refractivity contribution in [2.24, 2.45) is 0 Å². The van der Waals surface area contributed by atoms with E-state index in [1.165, 1.54) is 13.0 Å². The van der Waals surface area contributed by atoms with Gasteiger partial charge in [0.1, 0.15) is 0 Å². The van der Waals surface area contributed by atoms with Crippen molar-refractivity contribution in [1.82, 2.24) is 4.57 Å². The van der Waals surface area contributed by atoms with Crippen LogP contribution in [0, 0.1) is 0 Å². The number of benzene rings is 1. The summed E-state index contributed by atoms with van der Waals surface area (Å²) in [6.45, 7) is 4.11. The molecule has 0 atom stereocenters. The largest absolute Gasteiger partial charge is 0.478 e. The molecular formula is C13H13NO3. The van der Waals surface area contributed by atoms with Gasteiger partial charge in [-0.15, -0.1) is 0 Å². The number of Topliss-reactive ketones (excluding diaryl/α,β-unsaturated/α-hetero) is 1. The molecule has 2 aromatic rings. The highest BCUT2D eigenvalue weighted by molar-refractivity contribution is 6.14. The van der Waals surface area contributed by atoms with E-state index in [0.29, 0.717) is 17.5 Å². The van der Waals surface area contributed by atoms with E-state index in [0.717, 1.165) is 5.52 Å². The second kappa shape index (κ2) is 4.05. The number of hydrogen-bond acceptors (Lipinski definition) is 2. The zero-order valence-corrected chi connectivity index (χ0v) is 9.73. The molecule has 0 amide bonds. The third kappa shape index (κ3) is 1.71. The Morgan fingerprint density at radius 1 is 1.29 bits per heavy atom. The summed E-state index contributed by atoms with van der Waals surface area (Å²) in [5.41, 5.74) is 1.44. The Balaban J connectivity index is 2.91. The van der Waals surface area contributed by atoms with Crippen LogP contribution in [0.15, 0.2) is 24.4 Å². The van der Waals surface area contributed by atoms with Crippen LogP contribution in [0.4, 0.5) is 0 Å². The van der Waals surface area contributed by atoms with Crippen LogP contribution in [0.25, 0.3) is 10.9 Å². The van der Waals surface area contributed by atoms with Crippen molar-refractivity contribution in [3.8, 4) is 0 Å². The lowest BCUT2D eigenvalue weighted by Crippen LogP contribution is -1.99. The van der Waals surface area contributed by atoms with Gasteiger partial charge in [0.2, 0.25) is 0 Å². The maximum absolute atomic E-state index is 11.6. The number of rotatable bonds is 3. The molecule has 0 aliphatic heterocycles. The third-order valence-electron chi connectivity index (χ3n) is 2.86. The van der Waals surface area contributed by atoms with Gasteiger partial charge in [0, 0.05) is 29.2 Å². The molecule has 1 N–H and O–H groups in total. The first-order valence-electron chi connectivity index (χ1n) is 5.42. The van der Waals surface area contributed by atoms with Crippen molar-refractivity contribution in [3.05, 3.63) is 35.5 Å². The Labute approximate surface area is 98.5 Å². The van der Waals surface area contributed by atoms with Crippen LogP contribution in [0.1, 0.15) is 34.6 Å². The van der Waals surface area contributed by atoms with Gasteiger partial charge in [-0.1, -0.05) is 6.07 Å². The minimum absolute atomic E-state index is 0.115. The standard InChI is InChI=1S/C13H13NO3/c1-3-14-7-10(8(2)15)12-9(13(16)17)5-4-6-11(12)14/h4-7H,3H2,1-2H3,(H,16,17). The van der Waals surface area contributed by atoms with Gasteiger partial charge < -0.3 is 9.67 Å². The van der Waals surface area contributed by atoms with Crippen molar-refractivity contribution >= 4 is 22.7 Å². The molecule has 0 saturated heterocycles. The number of fused-ring (bicyclic) bond motifs is 1. The average molecular weight is 231 g/mol. The molecule has 2 rings (SSSR count). The molecule has 0 saturated carbocycles. The fraction of sp³-hybridized carbons (Fsp3) is 0.231. The van der Waals surface area contributed by atoms with Gasteiger partial charge >= 0.3 is 5.97 Å². The van der Waals surface area contributed by atoms with E-state index in [1.54, 1.807) is 12.3 Å². The average Bonchev–Trinajstić information content (AvgIpc) is 2.67. The number of carbonyl (C=O) groups is 2. The number of carboxylic acid groups (broad SMARTS) is 1. The second-order valence-electron chi connectivity index (χ2n) is 3.89. The van der Waals surface area contributed by atoms with E-state index >= 15 is 0 Å². The van der Waals surface area contributed by atoms with Gasteiger partial charge in [-0.25, -0.2) is 4.79 Å². The van der Waals surface area contributed by atoms with Crippen molar-refractivity contribution in [2.75, 3.05) is 0 Å². The molecule has 0 radical (unpaired) electrons. The Hall–Kier alpha value is -2.10. The summed E-state index contributed by atoms with van der Waals surface area (Å²) in [5.74, 6) is -1.12. The van der Waals surface area contributed by atoms with Gasteiger partial charge in [0.05, 0.1) is 5.56 Å². The molecule has 0 aliphatic carbocycles. The first-order valence-corrected chi connectivity index (χ1v) is 5.42. The molecule has 17 heavy (non-hydrogen) atoms. The molecule has 0 bridgehead atoms. The fourth-order valence-corrected chi connectivity index (χ4v) is 2.06. The summed E-state index contributed by atoms with van der Waals surface area (Å²) in [5, 5.41) is 9.69. The van der Waals surface area contributed by atoms with E-state index in [1.807, 2.05) is 17.6 Å². The van der Waals surface area contributed by atoms with Gasteiger partial charge in [-0.2, -0.15) is 0 Å². The van der Waals surface area contributed by atoms with E-state index in [2.05, 4.69) is 0 Å². The molecule has 1 aromatic carbocycles. The Kier molecular flexibility index (Phi) is 2.71. The van der Waals surface area contributed by atoms with Crippen LogP contribution >= 0.6 is 0 Å². The number of aromatic carboxylic acids is 1.